The molecule has 1 aromatic carbocycles. The molecular weight excluding hydrogens is 304 g/mol. The van der Waals surface area contributed by atoms with Crippen molar-refractivity contribution in [3.05, 3.63) is 48.3 Å². The number of unbranched alkanes of at least 4 members (excludes halogenated alkanes) is 1. The van der Waals surface area contributed by atoms with Crippen molar-refractivity contribution < 1.29 is 9.59 Å². The van der Waals surface area contributed by atoms with E-state index in [1.807, 2.05) is 25.1 Å². The third kappa shape index (κ3) is 4.55. The van der Waals surface area contributed by atoms with Crippen molar-refractivity contribution in [1.82, 2.24) is 10.3 Å². The van der Waals surface area contributed by atoms with Crippen molar-refractivity contribution in [1.29, 1.82) is 0 Å². The first-order valence-corrected chi connectivity index (χ1v) is 7.92. The SMILES string of the molecule is CCCC[C@@H](NC(=O)c1ccc(-c2cncc(N)c2)cc1)C(N)=O. The molecule has 2 rings (SSSR count). The van der Waals surface area contributed by atoms with E-state index in [0.717, 1.165) is 24.0 Å². The third-order valence-corrected chi connectivity index (χ3v) is 3.73. The van der Waals surface area contributed by atoms with Gasteiger partial charge in [0.05, 0.1) is 5.69 Å². The van der Waals surface area contributed by atoms with Gasteiger partial charge < -0.3 is 16.8 Å². The Balaban J connectivity index is 2.09. The number of hydrogen-bond acceptors (Lipinski definition) is 4. The Morgan fingerprint density at radius 1 is 1.17 bits per heavy atom. The smallest absolute Gasteiger partial charge is 0.251 e. The topological polar surface area (TPSA) is 111 Å². The number of carbonyl (C=O) groups excluding carboxylic acids is 2. The largest absolute Gasteiger partial charge is 0.397 e. The molecule has 5 N–H and O–H groups in total. The molecular formula is C18H22N4O2. The highest BCUT2D eigenvalue weighted by atomic mass is 16.2. The molecule has 6 nitrogen and oxygen atoms in total. The summed E-state index contributed by atoms with van der Waals surface area (Å²) in [5, 5.41) is 2.69. The van der Waals surface area contributed by atoms with Crippen molar-refractivity contribution in [2.24, 2.45) is 5.73 Å². The van der Waals surface area contributed by atoms with Gasteiger partial charge in [-0.1, -0.05) is 31.9 Å². The molecule has 2 aromatic rings. The van der Waals surface area contributed by atoms with Crippen LogP contribution >= 0.6 is 0 Å². The second kappa shape index (κ2) is 8.10. The van der Waals surface area contributed by atoms with Crippen LogP contribution in [0.15, 0.2) is 42.7 Å². The summed E-state index contributed by atoms with van der Waals surface area (Å²) in [6.45, 7) is 2.02. The summed E-state index contributed by atoms with van der Waals surface area (Å²) < 4.78 is 0. The molecule has 0 aliphatic heterocycles. The lowest BCUT2D eigenvalue weighted by Crippen LogP contribution is -2.44. The number of nitrogens with one attached hydrogen (secondary N) is 1. The zero-order valence-electron chi connectivity index (χ0n) is 13.7. The van der Waals surface area contributed by atoms with Crippen LogP contribution in [0.2, 0.25) is 0 Å². The summed E-state index contributed by atoms with van der Waals surface area (Å²) >= 11 is 0. The van der Waals surface area contributed by atoms with E-state index < -0.39 is 11.9 Å². The number of primary amides is 1. The molecule has 0 fully saturated rings. The van der Waals surface area contributed by atoms with Crippen LogP contribution in [0.5, 0.6) is 0 Å². The third-order valence-electron chi connectivity index (χ3n) is 3.73. The number of hydrogen-bond donors (Lipinski definition) is 3. The predicted octanol–water partition coefficient (Wildman–Crippen LogP) is 2.10. The van der Waals surface area contributed by atoms with Gasteiger partial charge in [-0.2, -0.15) is 0 Å². The lowest BCUT2D eigenvalue weighted by molar-refractivity contribution is -0.120. The van der Waals surface area contributed by atoms with Crippen LogP contribution in [0.1, 0.15) is 36.5 Å². The molecule has 1 atom stereocenters. The molecule has 2 amide bonds. The number of pyridine rings is 1. The number of nitrogens with zero attached hydrogens (tertiary/aromatic N) is 1. The minimum Gasteiger partial charge on any atom is -0.397 e. The second-order valence-corrected chi connectivity index (χ2v) is 5.65. The van der Waals surface area contributed by atoms with Gasteiger partial charge in [0, 0.05) is 23.5 Å². The van der Waals surface area contributed by atoms with E-state index in [-0.39, 0.29) is 5.91 Å². The molecule has 24 heavy (non-hydrogen) atoms. The molecule has 0 bridgehead atoms. The van der Waals surface area contributed by atoms with Crippen molar-refractivity contribution in [2.45, 2.75) is 32.2 Å². The predicted molar refractivity (Wildman–Crippen MR) is 94.1 cm³/mol. The summed E-state index contributed by atoms with van der Waals surface area (Å²) in [5.74, 6) is -0.827. The van der Waals surface area contributed by atoms with Crippen molar-refractivity contribution in [2.75, 3.05) is 5.73 Å². The lowest BCUT2D eigenvalue weighted by atomic mass is 10.0. The van der Waals surface area contributed by atoms with Crippen molar-refractivity contribution in [3.8, 4) is 11.1 Å². The second-order valence-electron chi connectivity index (χ2n) is 5.65. The Morgan fingerprint density at radius 2 is 1.88 bits per heavy atom. The number of amides is 2. The maximum atomic E-state index is 12.3. The van der Waals surface area contributed by atoms with Gasteiger partial charge in [0.15, 0.2) is 0 Å². The Hall–Kier alpha value is -2.89. The van der Waals surface area contributed by atoms with Crippen LogP contribution in [0, 0.1) is 0 Å². The number of rotatable bonds is 7. The molecule has 1 aromatic heterocycles. The Bertz CT molecular complexity index is 713. The molecule has 1 heterocycles. The minimum absolute atomic E-state index is 0.313. The fourth-order valence-electron chi connectivity index (χ4n) is 2.37. The number of carbonyl (C=O) groups is 2. The fraction of sp³-hybridized carbons (Fsp3) is 0.278. The number of nitrogen functional groups attached to an aromatic ring is 1. The molecule has 0 radical (unpaired) electrons. The van der Waals surface area contributed by atoms with E-state index in [2.05, 4.69) is 10.3 Å². The minimum atomic E-state index is -0.643. The Labute approximate surface area is 141 Å². The van der Waals surface area contributed by atoms with Crippen LogP contribution in [0.4, 0.5) is 5.69 Å². The molecule has 0 saturated heterocycles. The average Bonchev–Trinajstić information content (AvgIpc) is 2.58. The first-order chi connectivity index (χ1) is 11.5. The first-order valence-electron chi connectivity index (χ1n) is 7.92. The van der Waals surface area contributed by atoms with E-state index in [4.69, 9.17) is 11.5 Å². The molecule has 0 unspecified atom stereocenters. The number of benzene rings is 1. The molecule has 6 heteroatoms. The van der Waals surface area contributed by atoms with Gasteiger partial charge in [-0.25, -0.2) is 0 Å². The van der Waals surface area contributed by atoms with Crippen LogP contribution in [-0.2, 0) is 4.79 Å². The summed E-state index contributed by atoms with van der Waals surface area (Å²) in [7, 11) is 0. The lowest BCUT2D eigenvalue weighted by Gasteiger charge is -2.15. The highest BCUT2D eigenvalue weighted by Gasteiger charge is 2.18. The quantitative estimate of drug-likeness (QED) is 0.723. The van der Waals surface area contributed by atoms with E-state index in [1.54, 1.807) is 24.5 Å². The Morgan fingerprint density at radius 3 is 2.46 bits per heavy atom. The van der Waals surface area contributed by atoms with E-state index in [1.165, 1.54) is 0 Å². The van der Waals surface area contributed by atoms with Gasteiger partial charge >= 0.3 is 0 Å². The highest BCUT2D eigenvalue weighted by Crippen LogP contribution is 2.20. The number of anilines is 1. The molecule has 126 valence electrons. The first kappa shape index (κ1) is 17.5. The number of aromatic nitrogens is 1. The van der Waals surface area contributed by atoms with E-state index in [0.29, 0.717) is 17.7 Å². The van der Waals surface area contributed by atoms with Crippen LogP contribution in [0.3, 0.4) is 0 Å². The normalized spacial score (nSPS) is 11.7. The van der Waals surface area contributed by atoms with Crippen LogP contribution < -0.4 is 16.8 Å². The van der Waals surface area contributed by atoms with Gasteiger partial charge in [0.1, 0.15) is 6.04 Å². The van der Waals surface area contributed by atoms with Gasteiger partial charge in [-0.3, -0.25) is 14.6 Å². The average molecular weight is 326 g/mol. The Kier molecular flexibility index (Phi) is 5.89. The zero-order valence-corrected chi connectivity index (χ0v) is 13.7. The molecule has 0 aliphatic carbocycles. The molecule has 0 aliphatic rings. The molecule has 0 saturated carbocycles. The maximum absolute atomic E-state index is 12.3. The van der Waals surface area contributed by atoms with E-state index in [9.17, 15) is 9.59 Å². The van der Waals surface area contributed by atoms with Crippen LogP contribution in [-0.4, -0.2) is 22.8 Å². The monoisotopic (exact) mass is 326 g/mol. The van der Waals surface area contributed by atoms with Gasteiger partial charge in [-0.05, 0) is 30.2 Å². The summed E-state index contributed by atoms with van der Waals surface area (Å²) in [5.41, 5.74) is 13.9. The summed E-state index contributed by atoms with van der Waals surface area (Å²) in [6, 6.07) is 8.20. The standard InChI is InChI=1S/C18H22N4O2/c1-2-3-4-16(17(20)23)22-18(24)13-7-5-12(6-8-13)14-9-15(19)11-21-10-14/h5-11,16H,2-4,19H2,1H3,(H2,20,23)(H,22,24)/t16-/m1/s1. The van der Waals surface area contributed by atoms with Crippen LogP contribution in [0.25, 0.3) is 11.1 Å². The fourth-order valence-corrected chi connectivity index (χ4v) is 2.37. The highest BCUT2D eigenvalue weighted by molar-refractivity contribution is 5.97. The summed E-state index contributed by atoms with van der Waals surface area (Å²) in [4.78, 5) is 27.8. The zero-order chi connectivity index (χ0) is 17.5. The maximum Gasteiger partial charge on any atom is 0.251 e. The van der Waals surface area contributed by atoms with Crippen molar-refractivity contribution >= 4 is 17.5 Å². The number of nitrogens with two attached hydrogens (primary N) is 2. The molecule has 0 spiro atoms. The van der Waals surface area contributed by atoms with Crippen molar-refractivity contribution in [3.63, 3.8) is 0 Å². The van der Waals surface area contributed by atoms with Gasteiger partial charge in [-0.15, -0.1) is 0 Å². The van der Waals surface area contributed by atoms with Gasteiger partial charge in [0.25, 0.3) is 5.91 Å². The van der Waals surface area contributed by atoms with E-state index >= 15 is 0 Å². The van der Waals surface area contributed by atoms with Gasteiger partial charge in [0.2, 0.25) is 5.91 Å². The summed E-state index contributed by atoms with van der Waals surface area (Å²) in [6.07, 6.45) is 5.59.